The van der Waals surface area contributed by atoms with Gasteiger partial charge < -0.3 is 4.90 Å². The molecule has 1 aromatic heterocycles. The second-order valence-corrected chi connectivity index (χ2v) is 10.9. The van der Waals surface area contributed by atoms with Gasteiger partial charge in [-0.1, -0.05) is 54.6 Å². The summed E-state index contributed by atoms with van der Waals surface area (Å²) in [5.74, 6) is -0.371. The summed E-state index contributed by atoms with van der Waals surface area (Å²) < 4.78 is 29.9. The van der Waals surface area contributed by atoms with Gasteiger partial charge in [-0.2, -0.15) is 9.40 Å². The van der Waals surface area contributed by atoms with Crippen LogP contribution in [0, 0.1) is 10.1 Å². The zero-order valence-electron chi connectivity index (χ0n) is 20.3. The van der Waals surface area contributed by atoms with Crippen LogP contribution in [0.2, 0.25) is 0 Å². The van der Waals surface area contributed by atoms with Gasteiger partial charge >= 0.3 is 0 Å². The van der Waals surface area contributed by atoms with E-state index in [2.05, 4.69) is 5.10 Å². The molecule has 1 saturated heterocycles. The molecular formula is C27H25N5O5S. The minimum absolute atomic E-state index is 0.00780. The Labute approximate surface area is 219 Å². The Morgan fingerprint density at radius 3 is 2.42 bits per heavy atom. The fourth-order valence-corrected chi connectivity index (χ4v) is 6.27. The third-order valence-electron chi connectivity index (χ3n) is 6.51. The van der Waals surface area contributed by atoms with E-state index in [0.29, 0.717) is 6.42 Å². The van der Waals surface area contributed by atoms with Gasteiger partial charge in [-0.25, -0.2) is 13.1 Å². The third-order valence-corrected chi connectivity index (χ3v) is 8.37. The second kappa shape index (κ2) is 10.6. The number of para-hydroxylation sites is 1. The van der Waals surface area contributed by atoms with Crippen molar-refractivity contribution in [2.24, 2.45) is 0 Å². The minimum atomic E-state index is -4.30. The molecule has 11 heteroatoms. The Morgan fingerprint density at radius 2 is 1.68 bits per heavy atom. The van der Waals surface area contributed by atoms with Crippen molar-refractivity contribution in [2.45, 2.75) is 23.9 Å². The van der Waals surface area contributed by atoms with Crippen molar-refractivity contribution in [1.82, 2.24) is 19.0 Å². The lowest BCUT2D eigenvalue weighted by atomic mass is 10.0. The number of hydrogen-bond donors (Lipinski definition) is 0. The van der Waals surface area contributed by atoms with Crippen molar-refractivity contribution in [3.63, 3.8) is 0 Å². The van der Waals surface area contributed by atoms with E-state index < -0.39 is 38.1 Å². The zero-order chi connectivity index (χ0) is 26.7. The smallest absolute Gasteiger partial charge is 0.289 e. The average molecular weight is 532 g/mol. The highest BCUT2D eigenvalue weighted by Crippen LogP contribution is 2.29. The number of nitro groups is 1. The molecule has 1 aliphatic rings. The molecule has 0 N–H and O–H groups in total. The molecule has 10 nitrogen and oxygen atoms in total. The Kier molecular flexibility index (Phi) is 7.03. The largest absolute Gasteiger partial charge is 0.333 e. The molecule has 5 rings (SSSR count). The van der Waals surface area contributed by atoms with E-state index in [0.717, 1.165) is 27.2 Å². The molecule has 38 heavy (non-hydrogen) atoms. The van der Waals surface area contributed by atoms with E-state index in [1.807, 2.05) is 66.9 Å². The lowest BCUT2D eigenvalue weighted by molar-refractivity contribution is -0.387. The fourth-order valence-electron chi connectivity index (χ4n) is 4.69. The van der Waals surface area contributed by atoms with Crippen molar-refractivity contribution < 1.29 is 18.1 Å². The number of sulfonamides is 1. The Hall–Kier alpha value is -4.35. The maximum atomic E-state index is 13.5. The SMILES string of the molecule is O=C1CN(S(=O)(=O)c2ccccc2[N+](=O)[O-])C[C@H](Cc2ccccc2)N1Cc1cccc(-n2cccn2)c1. The number of aromatic nitrogens is 2. The Bertz CT molecular complexity index is 1560. The van der Waals surface area contributed by atoms with Crippen molar-refractivity contribution in [2.75, 3.05) is 13.1 Å². The van der Waals surface area contributed by atoms with Crippen LogP contribution in [-0.4, -0.2) is 57.4 Å². The van der Waals surface area contributed by atoms with E-state index >= 15 is 0 Å². The summed E-state index contributed by atoms with van der Waals surface area (Å²) in [6.07, 6.45) is 3.94. The Balaban J connectivity index is 1.46. The summed E-state index contributed by atoms with van der Waals surface area (Å²) in [5.41, 5.74) is 2.15. The lowest BCUT2D eigenvalue weighted by Gasteiger charge is -2.40. The maximum Gasteiger partial charge on any atom is 0.289 e. The number of piperazine rings is 1. The number of carbonyl (C=O) groups is 1. The Morgan fingerprint density at radius 1 is 0.947 bits per heavy atom. The molecule has 0 aliphatic carbocycles. The number of carbonyl (C=O) groups excluding carboxylic acids is 1. The molecule has 0 radical (unpaired) electrons. The van der Waals surface area contributed by atoms with Crippen LogP contribution in [0.25, 0.3) is 5.69 Å². The minimum Gasteiger partial charge on any atom is -0.333 e. The standard InChI is InChI=1S/C27H25N5O5S/c33-27-20-29(38(36,37)26-13-5-4-12-25(26)32(34)35)19-24(16-21-8-2-1-3-9-21)30(27)18-22-10-6-11-23(17-22)31-15-7-14-28-31/h1-15,17,24H,16,18-20H2/t24-/m0/s1. The van der Waals surface area contributed by atoms with Crippen LogP contribution in [0.15, 0.2) is 102 Å². The third kappa shape index (κ3) is 5.20. The van der Waals surface area contributed by atoms with E-state index in [1.165, 1.54) is 18.2 Å². The van der Waals surface area contributed by atoms with Gasteiger partial charge in [0.25, 0.3) is 5.69 Å². The van der Waals surface area contributed by atoms with Gasteiger partial charge in [0.15, 0.2) is 4.90 Å². The van der Waals surface area contributed by atoms with Crippen LogP contribution in [-0.2, 0) is 27.8 Å². The van der Waals surface area contributed by atoms with Gasteiger partial charge in [-0.3, -0.25) is 14.9 Å². The number of rotatable bonds is 8. The first-order valence-electron chi connectivity index (χ1n) is 12.0. The molecule has 0 bridgehead atoms. The molecule has 4 aromatic rings. The number of hydrogen-bond acceptors (Lipinski definition) is 6. The summed E-state index contributed by atoms with van der Waals surface area (Å²) in [4.78, 5) is 25.6. The topological polar surface area (TPSA) is 119 Å². The zero-order valence-corrected chi connectivity index (χ0v) is 21.1. The molecule has 1 fully saturated rings. The maximum absolute atomic E-state index is 13.5. The highest BCUT2D eigenvalue weighted by atomic mass is 32.2. The van der Waals surface area contributed by atoms with Gasteiger partial charge in [-0.05, 0) is 41.8 Å². The van der Waals surface area contributed by atoms with Crippen LogP contribution >= 0.6 is 0 Å². The predicted octanol–water partition coefficient (Wildman–Crippen LogP) is 3.42. The molecule has 1 atom stereocenters. The van der Waals surface area contributed by atoms with E-state index in [4.69, 9.17) is 0 Å². The lowest BCUT2D eigenvalue weighted by Crippen LogP contribution is -2.58. The number of benzene rings is 3. The number of amides is 1. The van der Waals surface area contributed by atoms with Crippen molar-refractivity contribution >= 4 is 21.6 Å². The highest BCUT2D eigenvalue weighted by molar-refractivity contribution is 7.89. The molecule has 194 valence electrons. The van der Waals surface area contributed by atoms with E-state index in [1.54, 1.807) is 15.8 Å². The molecular weight excluding hydrogens is 506 g/mol. The fraction of sp³-hybridized carbons (Fsp3) is 0.185. The van der Waals surface area contributed by atoms with E-state index in [9.17, 15) is 23.3 Å². The van der Waals surface area contributed by atoms with Gasteiger partial charge in [0, 0.05) is 37.6 Å². The first-order valence-corrected chi connectivity index (χ1v) is 13.4. The van der Waals surface area contributed by atoms with Crippen LogP contribution in [0.1, 0.15) is 11.1 Å². The highest BCUT2D eigenvalue weighted by Gasteiger charge is 2.40. The van der Waals surface area contributed by atoms with Crippen LogP contribution in [0.3, 0.4) is 0 Å². The second-order valence-electron chi connectivity index (χ2n) is 9.01. The van der Waals surface area contributed by atoms with Crippen molar-refractivity contribution in [3.05, 3.63) is 119 Å². The average Bonchev–Trinajstić information content (AvgIpc) is 3.46. The first-order chi connectivity index (χ1) is 18.3. The van der Waals surface area contributed by atoms with Gasteiger partial charge in [0.05, 0.1) is 17.2 Å². The summed E-state index contributed by atoms with van der Waals surface area (Å²) in [6.45, 7) is -0.114. The van der Waals surface area contributed by atoms with Gasteiger partial charge in [0.2, 0.25) is 15.9 Å². The molecule has 3 aromatic carbocycles. The van der Waals surface area contributed by atoms with Crippen LogP contribution < -0.4 is 0 Å². The van der Waals surface area contributed by atoms with Gasteiger partial charge in [0.1, 0.15) is 0 Å². The van der Waals surface area contributed by atoms with Crippen molar-refractivity contribution in [1.29, 1.82) is 0 Å². The summed E-state index contributed by atoms with van der Waals surface area (Å²) >= 11 is 0. The summed E-state index contributed by atoms with van der Waals surface area (Å²) in [5, 5.41) is 15.8. The number of nitro benzene ring substituents is 1. The molecule has 0 unspecified atom stereocenters. The quantitative estimate of drug-likeness (QED) is 0.254. The van der Waals surface area contributed by atoms with E-state index in [-0.39, 0.29) is 19.0 Å². The summed E-state index contributed by atoms with van der Waals surface area (Å²) in [6, 6.07) is 23.7. The first kappa shape index (κ1) is 25.3. The normalized spacial score (nSPS) is 16.5. The van der Waals surface area contributed by atoms with Crippen LogP contribution in [0.4, 0.5) is 5.69 Å². The predicted molar refractivity (Wildman–Crippen MR) is 140 cm³/mol. The molecule has 1 amide bonds. The van der Waals surface area contributed by atoms with Crippen molar-refractivity contribution in [3.8, 4) is 5.69 Å². The summed E-state index contributed by atoms with van der Waals surface area (Å²) in [7, 11) is -4.30. The molecule has 2 heterocycles. The van der Waals surface area contributed by atoms with Gasteiger partial charge in [-0.15, -0.1) is 0 Å². The monoisotopic (exact) mass is 531 g/mol. The molecule has 0 spiro atoms. The molecule has 1 aliphatic heterocycles. The number of nitrogens with zero attached hydrogens (tertiary/aromatic N) is 5. The van der Waals surface area contributed by atoms with Crippen LogP contribution in [0.5, 0.6) is 0 Å². The molecule has 0 saturated carbocycles.